The molecule has 5 heteroatoms. The van der Waals surface area contributed by atoms with Crippen LogP contribution in [0.15, 0.2) is 18.2 Å². The van der Waals surface area contributed by atoms with Crippen LogP contribution < -0.4 is 0 Å². The quantitative estimate of drug-likeness (QED) is 0.761. The molecule has 0 aromatic heterocycles. The van der Waals surface area contributed by atoms with Crippen LogP contribution in [0.4, 0.5) is 4.39 Å². The highest BCUT2D eigenvalue weighted by atomic mass is 35.5. The molecule has 1 nitrogen and oxygen atoms in total. The van der Waals surface area contributed by atoms with Gasteiger partial charge in [0.25, 0.3) is 0 Å². The van der Waals surface area contributed by atoms with Crippen molar-refractivity contribution in [2.45, 2.75) is 11.8 Å². The molecule has 90 valence electrons. The topological polar surface area (TPSA) is 3.24 Å². The van der Waals surface area contributed by atoms with Crippen LogP contribution in [0.1, 0.15) is 17.4 Å². The van der Waals surface area contributed by atoms with Crippen molar-refractivity contribution >= 4 is 35.6 Å². The van der Waals surface area contributed by atoms with Crippen LogP contribution in [0.25, 0.3) is 0 Å². The van der Waals surface area contributed by atoms with E-state index in [0.717, 1.165) is 25.2 Å². The Hall–Kier alpha value is -0.0200. The van der Waals surface area contributed by atoms with E-state index >= 15 is 0 Å². The van der Waals surface area contributed by atoms with E-state index in [4.69, 9.17) is 23.2 Å². The van der Waals surface area contributed by atoms with Gasteiger partial charge in [-0.2, -0.15) is 0 Å². The van der Waals surface area contributed by atoms with Crippen molar-refractivity contribution in [2.75, 3.05) is 19.6 Å². The highest BCUT2D eigenvalue weighted by molar-refractivity contribution is 6.30. The largest absolute Gasteiger partial charge is 0.301 e. The van der Waals surface area contributed by atoms with E-state index in [1.807, 2.05) is 0 Å². The van der Waals surface area contributed by atoms with Crippen LogP contribution in [0, 0.1) is 5.82 Å². The molecule has 0 bridgehead atoms. The molecule has 1 saturated heterocycles. The molecule has 16 heavy (non-hydrogen) atoms. The molecule has 1 aliphatic heterocycles. The molecule has 2 rings (SSSR count). The second-order valence-corrected chi connectivity index (χ2v) is 4.73. The molecule has 1 unspecified atom stereocenters. The molecule has 1 fully saturated rings. The third-order valence-electron chi connectivity index (χ3n) is 2.67. The third kappa shape index (κ3) is 3.24. The smallest absolute Gasteiger partial charge is 0.142 e. The zero-order chi connectivity index (χ0) is 10.8. The standard InChI is InChI=1S/C11H12Cl2FN.ClH/c12-9-3-2-8(6-11(9)14)10(13)7-15-4-1-5-15;/h2-3,6,10H,1,4-5,7H2;1H. The molecular formula is C11H13Cl3FN. The maximum Gasteiger partial charge on any atom is 0.142 e. The van der Waals surface area contributed by atoms with Gasteiger partial charge in [-0.15, -0.1) is 24.0 Å². The minimum Gasteiger partial charge on any atom is -0.301 e. The van der Waals surface area contributed by atoms with E-state index in [1.54, 1.807) is 12.1 Å². The van der Waals surface area contributed by atoms with Crippen molar-refractivity contribution in [1.29, 1.82) is 0 Å². The maximum absolute atomic E-state index is 13.2. The predicted molar refractivity (Wildman–Crippen MR) is 68.3 cm³/mol. The van der Waals surface area contributed by atoms with Crippen molar-refractivity contribution in [3.8, 4) is 0 Å². The van der Waals surface area contributed by atoms with Crippen molar-refractivity contribution in [2.24, 2.45) is 0 Å². The summed E-state index contributed by atoms with van der Waals surface area (Å²) < 4.78 is 13.2. The number of likely N-dealkylation sites (tertiary alicyclic amines) is 1. The minimum absolute atomic E-state index is 0. The lowest BCUT2D eigenvalue weighted by Crippen LogP contribution is -2.39. The fourth-order valence-corrected chi connectivity index (χ4v) is 2.05. The number of halogens is 4. The maximum atomic E-state index is 13.2. The summed E-state index contributed by atoms with van der Waals surface area (Å²) in [6.07, 6.45) is 1.23. The molecule has 1 aliphatic rings. The Morgan fingerprint density at radius 1 is 1.38 bits per heavy atom. The van der Waals surface area contributed by atoms with Crippen molar-refractivity contribution < 1.29 is 4.39 Å². The van der Waals surface area contributed by atoms with Crippen LogP contribution in [-0.2, 0) is 0 Å². The van der Waals surface area contributed by atoms with E-state index < -0.39 is 5.82 Å². The summed E-state index contributed by atoms with van der Waals surface area (Å²) in [5, 5.41) is -0.0105. The zero-order valence-corrected chi connectivity index (χ0v) is 11.0. The van der Waals surface area contributed by atoms with Gasteiger partial charge in [-0.1, -0.05) is 17.7 Å². The highest BCUT2D eigenvalue weighted by Gasteiger charge is 2.19. The molecule has 0 saturated carbocycles. The van der Waals surface area contributed by atoms with Gasteiger partial charge in [-0.25, -0.2) is 4.39 Å². The molecule has 1 aromatic carbocycles. The zero-order valence-electron chi connectivity index (χ0n) is 8.63. The van der Waals surface area contributed by atoms with E-state index in [-0.39, 0.29) is 22.8 Å². The molecule has 1 aromatic rings. The second kappa shape index (κ2) is 6.06. The SMILES string of the molecule is Cl.Fc1cc(C(Cl)CN2CCC2)ccc1Cl. The Bertz CT molecular complexity index is 355. The Balaban J connectivity index is 0.00000128. The van der Waals surface area contributed by atoms with Crippen LogP contribution >= 0.6 is 35.6 Å². The number of nitrogens with zero attached hydrogens (tertiary/aromatic N) is 1. The second-order valence-electron chi connectivity index (χ2n) is 3.80. The first-order chi connectivity index (χ1) is 7.16. The summed E-state index contributed by atoms with van der Waals surface area (Å²) in [6, 6.07) is 4.75. The Morgan fingerprint density at radius 2 is 2.06 bits per heavy atom. The fraction of sp³-hybridized carbons (Fsp3) is 0.455. The van der Waals surface area contributed by atoms with Gasteiger partial charge in [0, 0.05) is 6.54 Å². The molecule has 0 radical (unpaired) electrons. The first kappa shape index (κ1) is 14.0. The lowest BCUT2D eigenvalue weighted by molar-refractivity contribution is 0.181. The van der Waals surface area contributed by atoms with Crippen molar-refractivity contribution in [1.82, 2.24) is 4.90 Å². The van der Waals surface area contributed by atoms with Gasteiger partial charge in [0.1, 0.15) is 5.82 Å². The van der Waals surface area contributed by atoms with Gasteiger partial charge in [0.15, 0.2) is 0 Å². The van der Waals surface area contributed by atoms with Crippen LogP contribution in [0.3, 0.4) is 0 Å². The highest BCUT2D eigenvalue weighted by Crippen LogP contribution is 2.26. The van der Waals surface area contributed by atoms with Gasteiger partial charge in [0.2, 0.25) is 0 Å². The summed E-state index contributed by atoms with van der Waals surface area (Å²) >= 11 is 11.8. The van der Waals surface area contributed by atoms with Crippen LogP contribution in [0.5, 0.6) is 0 Å². The first-order valence-electron chi connectivity index (χ1n) is 4.98. The molecule has 0 amide bonds. The van der Waals surface area contributed by atoms with Gasteiger partial charge in [-0.3, -0.25) is 0 Å². The van der Waals surface area contributed by atoms with Crippen LogP contribution in [0.2, 0.25) is 5.02 Å². The molecular weight excluding hydrogens is 271 g/mol. The predicted octanol–water partition coefficient (Wildman–Crippen LogP) is 3.89. The average molecular weight is 285 g/mol. The number of rotatable bonds is 3. The number of hydrogen-bond acceptors (Lipinski definition) is 1. The van der Waals surface area contributed by atoms with Gasteiger partial charge in [-0.05, 0) is 37.2 Å². The Labute approximate surface area is 111 Å². The minimum atomic E-state index is -0.400. The summed E-state index contributed by atoms with van der Waals surface area (Å²) in [5.74, 6) is -0.400. The Kier molecular flexibility index (Phi) is 5.32. The van der Waals surface area contributed by atoms with Crippen LogP contribution in [-0.4, -0.2) is 24.5 Å². The van der Waals surface area contributed by atoms with Crippen molar-refractivity contribution in [3.63, 3.8) is 0 Å². The summed E-state index contributed by atoms with van der Waals surface area (Å²) in [4.78, 5) is 2.25. The first-order valence-corrected chi connectivity index (χ1v) is 5.79. The average Bonchev–Trinajstić information content (AvgIpc) is 2.15. The van der Waals surface area contributed by atoms with Gasteiger partial charge in [0.05, 0.1) is 10.4 Å². The summed E-state index contributed by atoms with van der Waals surface area (Å²) in [5.41, 5.74) is 0.797. The molecule has 0 aliphatic carbocycles. The number of alkyl halides is 1. The third-order valence-corrected chi connectivity index (χ3v) is 3.37. The monoisotopic (exact) mass is 283 g/mol. The van der Waals surface area contributed by atoms with Gasteiger partial charge < -0.3 is 4.90 Å². The number of benzene rings is 1. The lowest BCUT2D eigenvalue weighted by atomic mass is 10.1. The van der Waals surface area contributed by atoms with Gasteiger partial charge >= 0.3 is 0 Å². The molecule has 0 N–H and O–H groups in total. The van der Waals surface area contributed by atoms with E-state index in [9.17, 15) is 4.39 Å². The summed E-state index contributed by atoms with van der Waals surface area (Å²) in [6.45, 7) is 2.97. The van der Waals surface area contributed by atoms with Crippen molar-refractivity contribution in [3.05, 3.63) is 34.6 Å². The normalized spacial score (nSPS) is 17.4. The van der Waals surface area contributed by atoms with E-state index in [1.165, 1.54) is 12.5 Å². The fourth-order valence-electron chi connectivity index (χ4n) is 1.60. The summed E-state index contributed by atoms with van der Waals surface area (Å²) in [7, 11) is 0. The van der Waals surface area contributed by atoms with E-state index in [2.05, 4.69) is 4.90 Å². The molecule has 0 spiro atoms. The lowest BCUT2D eigenvalue weighted by Gasteiger charge is -2.32. The Morgan fingerprint density at radius 3 is 2.56 bits per heavy atom. The number of hydrogen-bond donors (Lipinski definition) is 0. The molecule has 1 heterocycles. The van der Waals surface area contributed by atoms with E-state index in [0.29, 0.717) is 0 Å². The molecule has 1 atom stereocenters.